The second kappa shape index (κ2) is 7.25. The maximum absolute atomic E-state index is 14.0. The smallest absolute Gasteiger partial charge is 0.258 e. The van der Waals surface area contributed by atoms with Crippen molar-refractivity contribution in [2.45, 2.75) is 18.7 Å². The molecule has 0 bridgehead atoms. The first-order chi connectivity index (χ1) is 13.1. The highest BCUT2D eigenvalue weighted by Crippen LogP contribution is 2.22. The van der Waals surface area contributed by atoms with Crippen LogP contribution in [-0.4, -0.2) is 42.7 Å². The monoisotopic (exact) mass is 402 g/mol. The molecule has 0 aliphatic rings. The van der Waals surface area contributed by atoms with Crippen molar-refractivity contribution < 1.29 is 17.6 Å². The van der Waals surface area contributed by atoms with Crippen molar-refractivity contribution in [2.24, 2.45) is 0 Å². The predicted octanol–water partition coefficient (Wildman–Crippen LogP) is 2.89. The van der Waals surface area contributed by atoms with Gasteiger partial charge in [-0.15, -0.1) is 0 Å². The van der Waals surface area contributed by atoms with Crippen molar-refractivity contribution in [3.63, 3.8) is 0 Å². The van der Waals surface area contributed by atoms with Gasteiger partial charge in [-0.1, -0.05) is 0 Å². The van der Waals surface area contributed by atoms with Crippen LogP contribution in [-0.2, 0) is 10.0 Å². The fourth-order valence-electron chi connectivity index (χ4n) is 2.59. The largest absolute Gasteiger partial charge is 0.322 e. The average Bonchev–Trinajstić information content (AvgIpc) is 2.62. The number of carbonyl (C=O) groups excluding carboxylic acids is 1. The number of anilines is 1. The summed E-state index contributed by atoms with van der Waals surface area (Å²) >= 11 is 0. The molecular weight excluding hydrogens is 383 g/mol. The molecule has 3 rings (SSSR count). The van der Waals surface area contributed by atoms with Gasteiger partial charge in [-0.05, 0) is 44.2 Å². The van der Waals surface area contributed by atoms with Crippen LogP contribution >= 0.6 is 0 Å². The zero-order valence-corrected chi connectivity index (χ0v) is 16.6. The molecule has 0 saturated heterocycles. The van der Waals surface area contributed by atoms with Crippen LogP contribution in [0, 0.1) is 19.7 Å². The lowest BCUT2D eigenvalue weighted by atomic mass is 10.1. The maximum Gasteiger partial charge on any atom is 0.258 e. The van der Waals surface area contributed by atoms with Crippen LogP contribution in [0.3, 0.4) is 0 Å². The highest BCUT2D eigenvalue weighted by Gasteiger charge is 2.18. The molecule has 0 atom stereocenters. The Morgan fingerprint density at radius 1 is 1.04 bits per heavy atom. The summed E-state index contributed by atoms with van der Waals surface area (Å²) < 4.78 is 39.3. The van der Waals surface area contributed by atoms with Gasteiger partial charge in [-0.3, -0.25) is 4.79 Å². The first-order valence-electron chi connectivity index (χ1n) is 8.38. The number of sulfonamides is 1. The summed E-state index contributed by atoms with van der Waals surface area (Å²) in [7, 11) is -0.694. The molecule has 0 radical (unpaired) electrons. The number of benzene rings is 2. The summed E-state index contributed by atoms with van der Waals surface area (Å²) in [5.74, 6) is -1.16. The number of carbonyl (C=O) groups is 1. The molecule has 0 unspecified atom stereocenters. The Balaban J connectivity index is 1.95. The molecule has 0 aliphatic heterocycles. The average molecular weight is 402 g/mol. The Morgan fingerprint density at radius 3 is 2.25 bits per heavy atom. The lowest BCUT2D eigenvalue weighted by molar-refractivity contribution is 0.102. The van der Waals surface area contributed by atoms with Crippen LogP contribution in [0.2, 0.25) is 0 Å². The summed E-state index contributed by atoms with van der Waals surface area (Å²) in [6, 6.07) is 8.05. The minimum absolute atomic E-state index is 0.0515. The number of halogens is 1. The summed E-state index contributed by atoms with van der Waals surface area (Å²) in [4.78, 5) is 21.5. The Morgan fingerprint density at radius 2 is 1.64 bits per heavy atom. The van der Waals surface area contributed by atoms with E-state index in [0.29, 0.717) is 28.1 Å². The van der Waals surface area contributed by atoms with Crippen molar-refractivity contribution in [3.8, 4) is 0 Å². The lowest BCUT2D eigenvalue weighted by Crippen LogP contribution is -2.22. The van der Waals surface area contributed by atoms with E-state index >= 15 is 0 Å². The number of amides is 1. The summed E-state index contributed by atoms with van der Waals surface area (Å²) in [6.45, 7) is 3.52. The topological polar surface area (TPSA) is 92.3 Å². The SMILES string of the molecule is Cc1nc2cc(F)cc(C(=O)Nc3ccc(S(=O)(=O)N(C)C)cc3)c2nc1C. The van der Waals surface area contributed by atoms with E-state index in [9.17, 15) is 17.6 Å². The fraction of sp³-hybridized carbons (Fsp3) is 0.211. The van der Waals surface area contributed by atoms with Crippen molar-refractivity contribution in [2.75, 3.05) is 19.4 Å². The van der Waals surface area contributed by atoms with Gasteiger partial charge in [0.05, 0.1) is 27.4 Å². The third kappa shape index (κ3) is 3.71. The molecule has 0 aliphatic carbocycles. The quantitative estimate of drug-likeness (QED) is 0.724. The Labute approximate surface area is 162 Å². The number of aromatic nitrogens is 2. The van der Waals surface area contributed by atoms with Crippen molar-refractivity contribution in [1.82, 2.24) is 14.3 Å². The van der Waals surface area contributed by atoms with Gasteiger partial charge in [0.15, 0.2) is 0 Å². The zero-order chi connectivity index (χ0) is 20.6. The molecule has 1 aromatic heterocycles. The number of hydrogen-bond acceptors (Lipinski definition) is 5. The van der Waals surface area contributed by atoms with Crippen LogP contribution < -0.4 is 5.32 Å². The molecule has 1 amide bonds. The molecule has 1 N–H and O–H groups in total. The van der Waals surface area contributed by atoms with Gasteiger partial charge in [-0.2, -0.15) is 0 Å². The number of nitrogens with one attached hydrogen (secondary N) is 1. The van der Waals surface area contributed by atoms with Crippen molar-refractivity contribution in [1.29, 1.82) is 0 Å². The van der Waals surface area contributed by atoms with Crippen LogP contribution in [0.15, 0.2) is 41.3 Å². The lowest BCUT2D eigenvalue weighted by Gasteiger charge is -2.12. The molecule has 0 fully saturated rings. The van der Waals surface area contributed by atoms with Crippen molar-refractivity contribution in [3.05, 3.63) is 59.2 Å². The minimum atomic E-state index is -3.56. The number of rotatable bonds is 4. The second-order valence-electron chi connectivity index (χ2n) is 6.48. The molecule has 0 spiro atoms. The molecule has 146 valence electrons. The second-order valence-corrected chi connectivity index (χ2v) is 8.63. The van der Waals surface area contributed by atoms with Gasteiger partial charge in [0.1, 0.15) is 11.3 Å². The molecule has 9 heteroatoms. The van der Waals surface area contributed by atoms with E-state index in [1.807, 2.05) is 0 Å². The van der Waals surface area contributed by atoms with E-state index in [4.69, 9.17) is 0 Å². The first-order valence-corrected chi connectivity index (χ1v) is 9.82. The number of nitrogens with zero attached hydrogens (tertiary/aromatic N) is 3. The molecule has 7 nitrogen and oxygen atoms in total. The van der Waals surface area contributed by atoms with Gasteiger partial charge >= 0.3 is 0 Å². The number of fused-ring (bicyclic) bond motifs is 1. The minimum Gasteiger partial charge on any atom is -0.322 e. The fourth-order valence-corrected chi connectivity index (χ4v) is 3.49. The maximum atomic E-state index is 14.0. The predicted molar refractivity (Wildman–Crippen MR) is 104 cm³/mol. The summed E-state index contributed by atoms with van der Waals surface area (Å²) in [5.41, 5.74) is 2.32. The molecule has 2 aromatic carbocycles. The van der Waals surface area contributed by atoms with Gasteiger partial charge in [-0.25, -0.2) is 27.1 Å². The molecular formula is C19H19FN4O3S. The van der Waals surface area contributed by atoms with Gasteiger partial charge in [0.25, 0.3) is 5.91 Å². The van der Waals surface area contributed by atoms with E-state index in [0.717, 1.165) is 10.4 Å². The summed E-state index contributed by atoms with van der Waals surface area (Å²) in [5, 5.41) is 2.64. The zero-order valence-electron chi connectivity index (χ0n) is 15.8. The van der Waals surface area contributed by atoms with E-state index in [1.54, 1.807) is 13.8 Å². The highest BCUT2D eigenvalue weighted by atomic mass is 32.2. The number of hydrogen-bond donors (Lipinski definition) is 1. The van der Waals surface area contributed by atoms with Gasteiger partial charge in [0.2, 0.25) is 10.0 Å². The van der Waals surface area contributed by atoms with E-state index in [2.05, 4.69) is 15.3 Å². The Bertz CT molecular complexity index is 1180. The van der Waals surface area contributed by atoms with Crippen LogP contribution in [0.5, 0.6) is 0 Å². The Kier molecular flexibility index (Phi) is 5.14. The number of aryl methyl sites for hydroxylation is 2. The molecule has 28 heavy (non-hydrogen) atoms. The van der Waals surface area contributed by atoms with Crippen molar-refractivity contribution >= 4 is 32.7 Å². The Hall–Kier alpha value is -2.91. The van der Waals surface area contributed by atoms with E-state index in [-0.39, 0.29) is 10.5 Å². The third-order valence-corrected chi connectivity index (χ3v) is 6.11. The van der Waals surface area contributed by atoms with E-state index < -0.39 is 21.7 Å². The molecule has 3 aromatic rings. The van der Waals surface area contributed by atoms with Crippen LogP contribution in [0.1, 0.15) is 21.7 Å². The third-order valence-electron chi connectivity index (χ3n) is 4.28. The first kappa shape index (κ1) is 19.8. The summed E-state index contributed by atoms with van der Waals surface area (Å²) in [6.07, 6.45) is 0. The highest BCUT2D eigenvalue weighted by molar-refractivity contribution is 7.89. The normalized spacial score (nSPS) is 11.8. The van der Waals surface area contributed by atoms with Gasteiger partial charge < -0.3 is 5.32 Å². The van der Waals surface area contributed by atoms with Crippen LogP contribution in [0.4, 0.5) is 10.1 Å². The van der Waals surface area contributed by atoms with E-state index in [1.165, 1.54) is 44.4 Å². The molecule has 1 heterocycles. The van der Waals surface area contributed by atoms with Gasteiger partial charge in [0, 0.05) is 25.8 Å². The van der Waals surface area contributed by atoms with Crippen LogP contribution in [0.25, 0.3) is 11.0 Å². The standard InChI is InChI=1S/C19H19FN4O3S/c1-11-12(2)22-18-16(9-13(20)10-17(18)21-11)19(25)23-14-5-7-15(8-6-14)28(26,27)24(3)4/h5-10H,1-4H3,(H,23,25). The molecule has 0 saturated carbocycles.